The van der Waals surface area contributed by atoms with E-state index >= 15 is 0 Å². The monoisotopic (exact) mass is 450 g/mol. The Balaban J connectivity index is 1.60. The molecule has 0 amide bonds. The second-order valence-corrected chi connectivity index (χ2v) is 9.29. The Morgan fingerprint density at radius 1 is 0.844 bits per heavy atom. The summed E-state index contributed by atoms with van der Waals surface area (Å²) in [6, 6.07) is 27.9. The minimum atomic E-state index is -4.07. The maximum Gasteiger partial charge on any atom is 0.590 e. The molecule has 4 rings (SSSR count). The van der Waals surface area contributed by atoms with Crippen LogP contribution in [-0.4, -0.2) is 6.29 Å². The van der Waals surface area contributed by atoms with Gasteiger partial charge in [-0.05, 0) is 61.6 Å². The minimum absolute atomic E-state index is 0.0295. The van der Waals surface area contributed by atoms with Gasteiger partial charge in [0.05, 0.1) is 6.26 Å². The van der Waals surface area contributed by atoms with Crippen molar-refractivity contribution >= 4 is 7.82 Å². The van der Waals surface area contributed by atoms with Crippen molar-refractivity contribution in [2.24, 2.45) is 5.92 Å². The standard InChI is InChI=1S/C26H27O5P/c1-21-17-18-23(19-22-11-5-2-6-12-22)26(28-20-21)31-32(27,29-24-13-7-3-8-14-24)30-25-15-9-4-10-16-25/h2-16,20,23,26H,17-19H2,1H3. The van der Waals surface area contributed by atoms with Crippen LogP contribution in [-0.2, 0) is 20.2 Å². The van der Waals surface area contributed by atoms with Gasteiger partial charge in [-0.1, -0.05) is 66.7 Å². The Morgan fingerprint density at radius 3 is 1.94 bits per heavy atom. The Morgan fingerprint density at radius 2 is 1.38 bits per heavy atom. The maximum absolute atomic E-state index is 13.8. The number of phosphoric acid groups is 1. The fourth-order valence-electron chi connectivity index (χ4n) is 3.54. The molecule has 1 aliphatic heterocycles. The summed E-state index contributed by atoms with van der Waals surface area (Å²) in [5.41, 5.74) is 2.27. The summed E-state index contributed by atoms with van der Waals surface area (Å²) in [5.74, 6) is 0.761. The molecule has 1 heterocycles. The minimum Gasteiger partial charge on any atom is -0.472 e. The van der Waals surface area contributed by atoms with Crippen LogP contribution in [0.2, 0.25) is 0 Å². The van der Waals surface area contributed by atoms with E-state index in [9.17, 15) is 4.57 Å². The number of para-hydroxylation sites is 2. The fraction of sp³-hybridized carbons (Fsp3) is 0.231. The number of ether oxygens (including phenoxy) is 1. The predicted octanol–water partition coefficient (Wildman–Crippen LogP) is 7.17. The van der Waals surface area contributed by atoms with Crippen molar-refractivity contribution in [3.05, 3.63) is 108 Å². The van der Waals surface area contributed by atoms with Crippen LogP contribution < -0.4 is 9.05 Å². The lowest BCUT2D eigenvalue weighted by atomic mass is 9.93. The average molecular weight is 450 g/mol. The number of allylic oxidation sites excluding steroid dienone is 1. The van der Waals surface area contributed by atoms with Crippen LogP contribution in [0.3, 0.4) is 0 Å². The predicted molar refractivity (Wildman–Crippen MR) is 124 cm³/mol. The number of hydrogen-bond acceptors (Lipinski definition) is 5. The first-order chi connectivity index (χ1) is 15.6. The molecule has 2 atom stereocenters. The van der Waals surface area contributed by atoms with Crippen molar-refractivity contribution in [3.63, 3.8) is 0 Å². The van der Waals surface area contributed by atoms with Crippen LogP contribution >= 0.6 is 7.82 Å². The number of hydrogen-bond donors (Lipinski definition) is 0. The number of benzene rings is 3. The van der Waals surface area contributed by atoms with Gasteiger partial charge in [0.2, 0.25) is 6.29 Å². The molecule has 6 heteroatoms. The van der Waals surface area contributed by atoms with Gasteiger partial charge in [-0.3, -0.25) is 0 Å². The van der Waals surface area contributed by atoms with Gasteiger partial charge in [-0.25, -0.2) is 9.09 Å². The highest BCUT2D eigenvalue weighted by Crippen LogP contribution is 2.52. The van der Waals surface area contributed by atoms with Crippen LogP contribution in [0.4, 0.5) is 0 Å². The third-order valence-corrected chi connectivity index (χ3v) is 6.53. The van der Waals surface area contributed by atoms with Gasteiger partial charge < -0.3 is 13.8 Å². The van der Waals surface area contributed by atoms with Crippen LogP contribution in [0.15, 0.2) is 103 Å². The Labute approximate surface area is 189 Å². The van der Waals surface area contributed by atoms with E-state index < -0.39 is 14.1 Å². The zero-order valence-electron chi connectivity index (χ0n) is 18.0. The zero-order valence-corrected chi connectivity index (χ0v) is 18.9. The van der Waals surface area contributed by atoms with E-state index in [4.69, 9.17) is 18.3 Å². The molecule has 0 saturated carbocycles. The molecule has 1 aliphatic rings. The summed E-state index contributed by atoms with van der Waals surface area (Å²) < 4.78 is 37.4. The summed E-state index contributed by atoms with van der Waals surface area (Å²) in [4.78, 5) is 0. The molecule has 3 aromatic carbocycles. The smallest absolute Gasteiger partial charge is 0.472 e. The molecule has 0 N–H and O–H groups in total. The Kier molecular flexibility index (Phi) is 7.31. The second kappa shape index (κ2) is 10.5. The number of rotatable bonds is 8. The molecule has 0 spiro atoms. The van der Waals surface area contributed by atoms with Gasteiger partial charge in [0.25, 0.3) is 0 Å². The quantitative estimate of drug-likeness (QED) is 0.341. The van der Waals surface area contributed by atoms with E-state index in [1.807, 2.05) is 37.3 Å². The Hall–Kier alpha value is -3.01. The van der Waals surface area contributed by atoms with Crippen LogP contribution in [0.25, 0.3) is 0 Å². The molecule has 0 saturated heterocycles. The van der Waals surface area contributed by atoms with Gasteiger partial charge in [0.15, 0.2) is 0 Å². The van der Waals surface area contributed by atoms with Crippen LogP contribution in [0, 0.1) is 5.92 Å². The first-order valence-electron chi connectivity index (χ1n) is 10.7. The van der Waals surface area contributed by atoms with Crippen molar-refractivity contribution in [3.8, 4) is 11.5 Å². The summed E-state index contributed by atoms with van der Waals surface area (Å²) in [7, 11) is -4.07. The van der Waals surface area contributed by atoms with E-state index in [2.05, 4.69) is 12.1 Å². The lowest BCUT2D eigenvalue weighted by molar-refractivity contribution is -0.0818. The fourth-order valence-corrected chi connectivity index (χ4v) is 4.90. The van der Waals surface area contributed by atoms with Gasteiger partial charge in [-0.15, -0.1) is 0 Å². The Bertz CT molecular complexity index is 1010. The van der Waals surface area contributed by atoms with Gasteiger partial charge in [-0.2, -0.15) is 0 Å². The van der Waals surface area contributed by atoms with Crippen molar-refractivity contribution in [2.75, 3.05) is 0 Å². The maximum atomic E-state index is 13.8. The summed E-state index contributed by atoms with van der Waals surface area (Å²) in [6.45, 7) is 2.02. The summed E-state index contributed by atoms with van der Waals surface area (Å²) >= 11 is 0. The molecule has 0 aromatic heterocycles. The molecule has 2 unspecified atom stereocenters. The summed E-state index contributed by atoms with van der Waals surface area (Å²) in [6.07, 6.45) is 3.33. The van der Waals surface area contributed by atoms with Crippen LogP contribution in [0.5, 0.6) is 11.5 Å². The van der Waals surface area contributed by atoms with Gasteiger partial charge in [0.1, 0.15) is 11.5 Å². The lowest BCUT2D eigenvalue weighted by Gasteiger charge is -2.28. The highest BCUT2D eigenvalue weighted by atomic mass is 31.2. The van der Waals surface area contributed by atoms with E-state index in [-0.39, 0.29) is 5.92 Å². The molecular formula is C26H27O5P. The van der Waals surface area contributed by atoms with Gasteiger partial charge >= 0.3 is 7.82 Å². The average Bonchev–Trinajstić information content (AvgIpc) is 2.97. The molecular weight excluding hydrogens is 423 g/mol. The molecule has 5 nitrogen and oxygen atoms in total. The van der Waals surface area contributed by atoms with Crippen molar-refractivity contribution in [2.45, 2.75) is 32.5 Å². The molecule has 166 valence electrons. The first-order valence-corrected chi connectivity index (χ1v) is 12.2. The molecule has 3 aromatic rings. The number of phosphoric ester groups is 1. The third kappa shape index (κ3) is 6.25. The molecule has 0 bridgehead atoms. The second-order valence-electron chi connectivity index (χ2n) is 7.82. The van der Waals surface area contributed by atoms with E-state index in [0.717, 1.165) is 30.4 Å². The first kappa shape index (κ1) is 22.2. The lowest BCUT2D eigenvalue weighted by Crippen LogP contribution is -2.27. The summed E-state index contributed by atoms with van der Waals surface area (Å²) in [5, 5.41) is 0. The molecule has 0 fully saturated rings. The SMILES string of the molecule is CC1=COC(OP(=O)(Oc2ccccc2)Oc2ccccc2)C(Cc2ccccc2)CC1. The van der Waals surface area contributed by atoms with Crippen molar-refractivity contribution < 1.29 is 22.9 Å². The zero-order chi connectivity index (χ0) is 22.2. The normalized spacial score (nSPS) is 18.7. The topological polar surface area (TPSA) is 54.0 Å². The molecule has 0 aliphatic carbocycles. The van der Waals surface area contributed by atoms with Crippen molar-refractivity contribution in [1.29, 1.82) is 0 Å². The molecule has 32 heavy (non-hydrogen) atoms. The largest absolute Gasteiger partial charge is 0.590 e. The molecule has 0 radical (unpaired) electrons. The third-order valence-electron chi connectivity index (χ3n) is 5.19. The highest BCUT2D eigenvalue weighted by molar-refractivity contribution is 7.49. The van der Waals surface area contributed by atoms with E-state index in [1.165, 1.54) is 0 Å². The van der Waals surface area contributed by atoms with E-state index in [0.29, 0.717) is 11.5 Å². The van der Waals surface area contributed by atoms with Crippen molar-refractivity contribution in [1.82, 2.24) is 0 Å². The van der Waals surface area contributed by atoms with Crippen LogP contribution in [0.1, 0.15) is 25.3 Å². The van der Waals surface area contributed by atoms with Gasteiger partial charge in [0, 0.05) is 5.92 Å². The van der Waals surface area contributed by atoms with E-state index in [1.54, 1.807) is 54.8 Å². The highest BCUT2D eigenvalue weighted by Gasteiger charge is 2.39.